The summed E-state index contributed by atoms with van der Waals surface area (Å²) < 4.78 is 6.36. The lowest BCUT2D eigenvalue weighted by molar-refractivity contribution is 0.239. The molecule has 0 bridgehead atoms. The summed E-state index contributed by atoms with van der Waals surface area (Å²) in [5.41, 5.74) is 1.16. The number of ether oxygens (including phenoxy) is 1. The first-order valence-electron chi connectivity index (χ1n) is 6.20. The molecule has 0 radical (unpaired) electrons. The van der Waals surface area contributed by atoms with Crippen molar-refractivity contribution in [2.45, 2.75) is 33.0 Å². The lowest BCUT2D eigenvalue weighted by Gasteiger charge is -2.14. The van der Waals surface area contributed by atoms with Crippen molar-refractivity contribution in [3.05, 3.63) is 45.4 Å². The van der Waals surface area contributed by atoms with Gasteiger partial charge in [-0.05, 0) is 19.9 Å². The number of para-hydroxylation sites is 1. The number of hydrogen-bond acceptors (Lipinski definition) is 4. The number of aromatic nitrogens is 1. The monoisotopic (exact) mass is 296 g/mol. The molecule has 0 saturated heterocycles. The average Bonchev–Trinajstić information content (AvgIpc) is 2.77. The second kappa shape index (κ2) is 6.89. The molecule has 0 unspecified atom stereocenters. The molecular formula is C14H17ClN2OS. The minimum atomic E-state index is 0.182. The molecule has 0 amide bonds. The van der Waals surface area contributed by atoms with E-state index in [9.17, 15) is 0 Å². The Labute approximate surface area is 122 Å². The first kappa shape index (κ1) is 14.3. The lowest BCUT2D eigenvalue weighted by Crippen LogP contribution is -2.14. The summed E-state index contributed by atoms with van der Waals surface area (Å²) in [6.07, 6.45) is 1.98. The summed E-state index contributed by atoms with van der Waals surface area (Å²) in [6.45, 7) is 5.59. The SMILES string of the molecule is CC(C)Oc1ccccc1CNCc1cnc(Cl)s1. The summed E-state index contributed by atoms with van der Waals surface area (Å²) in [6, 6.07) is 8.09. The van der Waals surface area contributed by atoms with Crippen molar-refractivity contribution in [1.82, 2.24) is 10.3 Å². The number of nitrogens with zero attached hydrogens (tertiary/aromatic N) is 1. The van der Waals surface area contributed by atoms with E-state index < -0.39 is 0 Å². The fourth-order valence-corrected chi connectivity index (χ4v) is 2.65. The molecule has 0 aliphatic carbocycles. The molecule has 0 atom stereocenters. The van der Waals surface area contributed by atoms with Gasteiger partial charge in [0.15, 0.2) is 4.47 Å². The van der Waals surface area contributed by atoms with Gasteiger partial charge >= 0.3 is 0 Å². The molecule has 0 spiro atoms. The Morgan fingerprint density at radius 2 is 2.11 bits per heavy atom. The minimum absolute atomic E-state index is 0.182. The van der Waals surface area contributed by atoms with Crippen LogP contribution in [0.2, 0.25) is 4.47 Å². The normalized spacial score (nSPS) is 10.9. The molecule has 2 aromatic rings. The van der Waals surface area contributed by atoms with Crippen molar-refractivity contribution in [2.75, 3.05) is 0 Å². The van der Waals surface area contributed by atoms with Crippen molar-refractivity contribution in [3.8, 4) is 5.75 Å². The van der Waals surface area contributed by atoms with E-state index in [1.54, 1.807) is 6.20 Å². The smallest absolute Gasteiger partial charge is 0.183 e. The molecule has 3 nitrogen and oxygen atoms in total. The van der Waals surface area contributed by atoms with Gasteiger partial charge in [0.2, 0.25) is 0 Å². The average molecular weight is 297 g/mol. The van der Waals surface area contributed by atoms with Crippen molar-refractivity contribution < 1.29 is 4.74 Å². The summed E-state index contributed by atoms with van der Waals surface area (Å²) in [5, 5.41) is 3.38. The maximum atomic E-state index is 5.80. The summed E-state index contributed by atoms with van der Waals surface area (Å²) in [7, 11) is 0. The number of nitrogens with one attached hydrogen (secondary N) is 1. The highest BCUT2D eigenvalue weighted by molar-refractivity contribution is 7.15. The zero-order valence-electron chi connectivity index (χ0n) is 11.0. The minimum Gasteiger partial charge on any atom is -0.491 e. The van der Waals surface area contributed by atoms with Crippen LogP contribution in [0, 0.1) is 0 Å². The Balaban J connectivity index is 1.92. The number of halogens is 1. The van der Waals surface area contributed by atoms with Crippen LogP contribution in [0.1, 0.15) is 24.3 Å². The number of hydrogen-bond donors (Lipinski definition) is 1. The van der Waals surface area contributed by atoms with Gasteiger partial charge in [0, 0.05) is 29.7 Å². The number of rotatable bonds is 6. The van der Waals surface area contributed by atoms with Crippen molar-refractivity contribution >= 4 is 22.9 Å². The molecular weight excluding hydrogens is 280 g/mol. The molecule has 1 aromatic heterocycles. The molecule has 1 heterocycles. The van der Waals surface area contributed by atoms with Gasteiger partial charge in [-0.25, -0.2) is 4.98 Å². The van der Waals surface area contributed by atoms with Crippen LogP contribution in [0.25, 0.3) is 0 Å². The van der Waals surface area contributed by atoms with Crippen molar-refractivity contribution in [2.24, 2.45) is 0 Å². The zero-order valence-corrected chi connectivity index (χ0v) is 12.6. The zero-order chi connectivity index (χ0) is 13.7. The lowest BCUT2D eigenvalue weighted by atomic mass is 10.2. The van der Waals surface area contributed by atoms with Crippen LogP contribution < -0.4 is 10.1 Å². The second-order valence-corrected chi connectivity index (χ2v) is 6.15. The van der Waals surface area contributed by atoms with Gasteiger partial charge < -0.3 is 10.1 Å². The van der Waals surface area contributed by atoms with E-state index >= 15 is 0 Å². The fraction of sp³-hybridized carbons (Fsp3) is 0.357. The maximum absolute atomic E-state index is 5.80. The molecule has 5 heteroatoms. The van der Waals surface area contributed by atoms with Crippen LogP contribution in [0.5, 0.6) is 5.75 Å². The van der Waals surface area contributed by atoms with Crippen LogP contribution in [0.15, 0.2) is 30.5 Å². The van der Waals surface area contributed by atoms with Crippen LogP contribution in [-0.2, 0) is 13.1 Å². The highest BCUT2D eigenvalue weighted by Gasteiger charge is 2.05. The van der Waals surface area contributed by atoms with E-state index in [2.05, 4.69) is 16.4 Å². The van der Waals surface area contributed by atoms with Gasteiger partial charge in [-0.1, -0.05) is 29.8 Å². The third kappa shape index (κ3) is 4.49. The van der Waals surface area contributed by atoms with E-state index in [1.807, 2.05) is 32.0 Å². The fourth-order valence-electron chi connectivity index (χ4n) is 1.70. The van der Waals surface area contributed by atoms with Gasteiger partial charge in [0.05, 0.1) is 6.10 Å². The second-order valence-electron chi connectivity index (χ2n) is 4.46. The van der Waals surface area contributed by atoms with Crippen LogP contribution in [-0.4, -0.2) is 11.1 Å². The van der Waals surface area contributed by atoms with Crippen molar-refractivity contribution in [3.63, 3.8) is 0 Å². The molecule has 2 rings (SSSR count). The molecule has 0 fully saturated rings. The molecule has 1 N–H and O–H groups in total. The molecule has 0 aliphatic rings. The van der Waals surface area contributed by atoms with E-state index in [1.165, 1.54) is 11.3 Å². The number of thiazole rings is 1. The summed E-state index contributed by atoms with van der Waals surface area (Å²) in [4.78, 5) is 5.15. The standard InChI is InChI=1S/C14H17ClN2OS/c1-10(2)18-13-6-4-3-5-11(13)7-16-8-12-9-17-14(15)19-12/h3-6,9-10,16H,7-8H2,1-2H3. The number of benzene rings is 1. The third-order valence-electron chi connectivity index (χ3n) is 2.48. The van der Waals surface area contributed by atoms with E-state index in [0.29, 0.717) is 4.47 Å². The highest BCUT2D eigenvalue weighted by atomic mass is 35.5. The molecule has 0 aliphatic heterocycles. The van der Waals surface area contributed by atoms with Gasteiger partial charge in [0.25, 0.3) is 0 Å². The Bertz CT molecular complexity index is 528. The summed E-state index contributed by atoms with van der Waals surface area (Å²) in [5.74, 6) is 0.937. The summed E-state index contributed by atoms with van der Waals surface area (Å²) >= 11 is 7.30. The Kier molecular flexibility index (Phi) is 5.19. The van der Waals surface area contributed by atoms with Crippen molar-refractivity contribution in [1.29, 1.82) is 0 Å². The molecule has 19 heavy (non-hydrogen) atoms. The Morgan fingerprint density at radius 1 is 1.32 bits per heavy atom. The van der Waals surface area contributed by atoms with E-state index in [0.717, 1.165) is 29.3 Å². The predicted molar refractivity (Wildman–Crippen MR) is 79.9 cm³/mol. The van der Waals surface area contributed by atoms with Crippen LogP contribution >= 0.6 is 22.9 Å². The Morgan fingerprint density at radius 3 is 2.79 bits per heavy atom. The predicted octanol–water partition coefficient (Wildman–Crippen LogP) is 3.87. The van der Waals surface area contributed by atoms with E-state index in [-0.39, 0.29) is 6.10 Å². The van der Waals surface area contributed by atoms with Gasteiger partial charge in [-0.15, -0.1) is 11.3 Å². The van der Waals surface area contributed by atoms with Crippen LogP contribution in [0.3, 0.4) is 0 Å². The topological polar surface area (TPSA) is 34.1 Å². The first-order valence-corrected chi connectivity index (χ1v) is 7.40. The molecule has 0 saturated carbocycles. The maximum Gasteiger partial charge on any atom is 0.183 e. The van der Waals surface area contributed by atoms with E-state index in [4.69, 9.17) is 16.3 Å². The first-order chi connectivity index (χ1) is 9.15. The quantitative estimate of drug-likeness (QED) is 0.878. The van der Waals surface area contributed by atoms with Gasteiger partial charge in [0.1, 0.15) is 5.75 Å². The molecule has 1 aromatic carbocycles. The highest BCUT2D eigenvalue weighted by Crippen LogP contribution is 2.20. The Hall–Kier alpha value is -1.10. The third-order valence-corrected chi connectivity index (χ3v) is 3.59. The van der Waals surface area contributed by atoms with Gasteiger partial charge in [-0.2, -0.15) is 0 Å². The molecule has 102 valence electrons. The largest absolute Gasteiger partial charge is 0.491 e. The van der Waals surface area contributed by atoms with Gasteiger partial charge in [-0.3, -0.25) is 0 Å². The van der Waals surface area contributed by atoms with Crippen LogP contribution in [0.4, 0.5) is 0 Å².